The summed E-state index contributed by atoms with van der Waals surface area (Å²) in [7, 11) is 0. The van der Waals surface area contributed by atoms with Crippen molar-refractivity contribution in [1.82, 2.24) is 10.3 Å². The summed E-state index contributed by atoms with van der Waals surface area (Å²) >= 11 is 0. The van der Waals surface area contributed by atoms with Crippen LogP contribution in [-0.2, 0) is 11.2 Å². The molecule has 0 aromatic carbocycles. The molecule has 7 heteroatoms. The quantitative estimate of drug-likeness (QED) is 0.877. The number of amides is 1. The maximum Gasteiger partial charge on any atom is 0.338 e. The van der Waals surface area contributed by atoms with E-state index in [-0.39, 0.29) is 28.9 Å². The van der Waals surface area contributed by atoms with Gasteiger partial charge in [0.1, 0.15) is 17.0 Å². The van der Waals surface area contributed by atoms with E-state index in [9.17, 15) is 14.7 Å². The minimum atomic E-state index is -1.13. The lowest BCUT2D eigenvalue weighted by Gasteiger charge is -2.21. The van der Waals surface area contributed by atoms with Gasteiger partial charge in [-0.1, -0.05) is 13.8 Å². The first kappa shape index (κ1) is 15.5. The van der Waals surface area contributed by atoms with Crippen molar-refractivity contribution in [1.29, 1.82) is 0 Å². The van der Waals surface area contributed by atoms with Gasteiger partial charge >= 0.3 is 5.97 Å². The zero-order valence-electron chi connectivity index (χ0n) is 13.3. The molecular weight excluding hydrogens is 298 g/mol. The van der Waals surface area contributed by atoms with Crippen LogP contribution in [0.1, 0.15) is 48.9 Å². The van der Waals surface area contributed by atoms with Gasteiger partial charge in [0, 0.05) is 0 Å². The Morgan fingerprint density at radius 2 is 2.22 bits per heavy atom. The number of rotatable bonds is 3. The van der Waals surface area contributed by atoms with Gasteiger partial charge in [0.2, 0.25) is 0 Å². The van der Waals surface area contributed by atoms with Gasteiger partial charge in [0.15, 0.2) is 5.84 Å². The normalized spacial score (nSPS) is 23.1. The molecule has 7 nitrogen and oxygen atoms in total. The van der Waals surface area contributed by atoms with Crippen LogP contribution in [-0.4, -0.2) is 39.9 Å². The third kappa shape index (κ3) is 2.46. The van der Waals surface area contributed by atoms with Crippen molar-refractivity contribution >= 4 is 17.7 Å². The highest BCUT2D eigenvalue weighted by molar-refractivity contribution is 6.17. The van der Waals surface area contributed by atoms with Crippen LogP contribution in [0.25, 0.3) is 0 Å². The number of aryl methyl sites for hydroxylation is 1. The Bertz CT molecular complexity index is 726. The van der Waals surface area contributed by atoms with Gasteiger partial charge in [0.25, 0.3) is 5.91 Å². The lowest BCUT2D eigenvalue weighted by Crippen LogP contribution is -2.41. The summed E-state index contributed by atoms with van der Waals surface area (Å²) in [6, 6.07) is 1.47. The molecule has 1 aromatic heterocycles. The minimum Gasteiger partial charge on any atom is -0.492 e. The number of nitrogens with one attached hydrogen (secondary N) is 1. The van der Waals surface area contributed by atoms with E-state index in [0.29, 0.717) is 24.5 Å². The maximum atomic E-state index is 12.3. The second kappa shape index (κ2) is 5.33. The van der Waals surface area contributed by atoms with Gasteiger partial charge in [0.05, 0.1) is 17.9 Å². The number of carboxylic acids is 1. The topological polar surface area (TPSA) is 101 Å². The number of aromatic nitrogens is 1. The van der Waals surface area contributed by atoms with E-state index in [1.807, 2.05) is 13.8 Å². The van der Waals surface area contributed by atoms with Gasteiger partial charge in [-0.3, -0.25) is 4.79 Å². The van der Waals surface area contributed by atoms with E-state index in [4.69, 9.17) is 4.74 Å². The number of nitrogens with zero attached hydrogens (tertiary/aromatic N) is 2. The van der Waals surface area contributed by atoms with Crippen molar-refractivity contribution < 1.29 is 19.4 Å². The third-order valence-electron chi connectivity index (χ3n) is 4.49. The fourth-order valence-electron chi connectivity index (χ4n) is 2.65. The van der Waals surface area contributed by atoms with Crippen molar-refractivity contribution in [3.8, 4) is 5.75 Å². The monoisotopic (exact) mass is 317 g/mol. The zero-order valence-corrected chi connectivity index (χ0v) is 13.3. The molecule has 122 valence electrons. The molecular formula is C16H19N3O4. The lowest BCUT2D eigenvalue weighted by molar-refractivity contribution is -0.124. The number of carbonyl (C=O) groups excluding carboxylic acids is 1. The summed E-state index contributed by atoms with van der Waals surface area (Å²) < 4.78 is 5.48. The number of carboxylic acid groups (broad SMARTS) is 1. The Labute approximate surface area is 133 Å². The van der Waals surface area contributed by atoms with E-state index < -0.39 is 11.5 Å². The molecule has 0 radical (unpaired) electrons. The molecule has 1 aromatic rings. The number of ether oxygens (including phenoxy) is 1. The first-order valence-corrected chi connectivity index (χ1v) is 7.64. The summed E-state index contributed by atoms with van der Waals surface area (Å²) in [6.07, 6.45) is 1.54. The fraction of sp³-hybridized carbons (Fsp3) is 0.500. The third-order valence-corrected chi connectivity index (χ3v) is 4.49. The molecule has 2 aliphatic rings. The minimum absolute atomic E-state index is 0.0160. The molecule has 2 N–H and O–H groups in total. The fourth-order valence-corrected chi connectivity index (χ4v) is 2.65. The molecule has 0 fully saturated rings. The Morgan fingerprint density at radius 1 is 1.48 bits per heavy atom. The number of aromatic carboxylic acids is 1. The first-order valence-electron chi connectivity index (χ1n) is 7.64. The van der Waals surface area contributed by atoms with Crippen LogP contribution in [0, 0.1) is 5.92 Å². The Kier molecular flexibility index (Phi) is 3.58. The van der Waals surface area contributed by atoms with Crippen LogP contribution < -0.4 is 10.1 Å². The number of hydrogen-bond acceptors (Lipinski definition) is 5. The first-order chi connectivity index (χ1) is 10.8. The highest BCUT2D eigenvalue weighted by Crippen LogP contribution is 2.30. The van der Waals surface area contributed by atoms with E-state index in [1.165, 1.54) is 6.07 Å². The van der Waals surface area contributed by atoms with Crippen molar-refractivity contribution in [2.45, 2.75) is 39.2 Å². The second-order valence-electron chi connectivity index (χ2n) is 6.30. The van der Waals surface area contributed by atoms with Crippen LogP contribution in [0.15, 0.2) is 11.1 Å². The number of amidine groups is 1. The van der Waals surface area contributed by atoms with Gasteiger partial charge in [-0.05, 0) is 31.7 Å². The molecule has 3 rings (SSSR count). The van der Waals surface area contributed by atoms with Gasteiger partial charge < -0.3 is 15.2 Å². The average molecular weight is 317 g/mol. The molecule has 0 spiro atoms. The van der Waals surface area contributed by atoms with Crippen LogP contribution in [0.3, 0.4) is 0 Å². The summed E-state index contributed by atoms with van der Waals surface area (Å²) in [5.41, 5.74) is -0.0392. The molecule has 0 aliphatic carbocycles. The van der Waals surface area contributed by atoms with Crippen LogP contribution in [0.4, 0.5) is 0 Å². The predicted molar refractivity (Wildman–Crippen MR) is 82.9 cm³/mol. The van der Waals surface area contributed by atoms with E-state index in [2.05, 4.69) is 15.3 Å². The summed E-state index contributed by atoms with van der Waals surface area (Å²) in [5.74, 6) is -0.672. The van der Waals surface area contributed by atoms with Crippen LogP contribution >= 0.6 is 0 Å². The summed E-state index contributed by atoms with van der Waals surface area (Å²) in [4.78, 5) is 32.7. The Balaban J connectivity index is 2.13. The predicted octanol–water partition coefficient (Wildman–Crippen LogP) is 1.40. The molecule has 0 bridgehead atoms. The molecule has 1 amide bonds. The zero-order chi connectivity index (χ0) is 16.8. The molecule has 3 heterocycles. The SMILES string of the molecule is CC(C)C1(C)N=C(c2nc3c(cc2C(=O)O)OCCC3)NC1=O. The van der Waals surface area contributed by atoms with E-state index in [1.54, 1.807) is 6.92 Å². The smallest absolute Gasteiger partial charge is 0.338 e. The second-order valence-corrected chi connectivity index (χ2v) is 6.30. The van der Waals surface area contributed by atoms with Gasteiger partial charge in [-0.25, -0.2) is 14.8 Å². The number of pyridine rings is 1. The van der Waals surface area contributed by atoms with E-state index in [0.717, 1.165) is 6.42 Å². The number of fused-ring (bicyclic) bond motifs is 1. The van der Waals surface area contributed by atoms with Gasteiger partial charge in [-0.15, -0.1) is 0 Å². The molecule has 0 saturated heterocycles. The summed E-state index contributed by atoms with van der Waals surface area (Å²) in [5, 5.41) is 12.2. The Hall–Kier alpha value is -2.44. The highest BCUT2D eigenvalue weighted by atomic mass is 16.5. The van der Waals surface area contributed by atoms with Crippen LogP contribution in [0.5, 0.6) is 5.75 Å². The largest absolute Gasteiger partial charge is 0.492 e. The number of hydrogen-bond donors (Lipinski definition) is 2. The summed E-state index contributed by atoms with van der Waals surface area (Å²) in [6.45, 7) is 6.09. The molecule has 0 saturated carbocycles. The molecule has 23 heavy (non-hydrogen) atoms. The number of aliphatic imine (C=N–C) groups is 1. The highest BCUT2D eigenvalue weighted by Gasteiger charge is 2.43. The average Bonchev–Trinajstić information content (AvgIpc) is 2.82. The van der Waals surface area contributed by atoms with Gasteiger partial charge in [-0.2, -0.15) is 0 Å². The van der Waals surface area contributed by atoms with Crippen molar-refractivity contribution in [3.63, 3.8) is 0 Å². The number of carbonyl (C=O) groups is 2. The standard InChI is InChI=1S/C16H19N3O4/c1-8(2)16(3)15(22)18-13(19-16)12-9(14(20)21)7-11-10(17-12)5-4-6-23-11/h7-8H,4-6H2,1-3H3,(H,20,21)(H,18,19,22). The lowest BCUT2D eigenvalue weighted by atomic mass is 9.89. The van der Waals surface area contributed by atoms with E-state index >= 15 is 0 Å². The maximum absolute atomic E-state index is 12.3. The molecule has 1 atom stereocenters. The molecule has 1 unspecified atom stereocenters. The van der Waals surface area contributed by atoms with Crippen molar-refractivity contribution in [2.75, 3.05) is 6.61 Å². The van der Waals surface area contributed by atoms with Crippen molar-refractivity contribution in [3.05, 3.63) is 23.0 Å². The Morgan fingerprint density at radius 3 is 2.83 bits per heavy atom. The van der Waals surface area contributed by atoms with Crippen LogP contribution in [0.2, 0.25) is 0 Å². The van der Waals surface area contributed by atoms with Crippen molar-refractivity contribution in [2.24, 2.45) is 10.9 Å². The molecule has 2 aliphatic heterocycles.